The predicted molar refractivity (Wildman–Crippen MR) is 61.7 cm³/mol. The Balaban J connectivity index is 2.83. The van der Waals surface area contributed by atoms with Gasteiger partial charge in [-0.15, -0.1) is 0 Å². The molecule has 5 nitrogen and oxygen atoms in total. The van der Waals surface area contributed by atoms with E-state index < -0.39 is 4.92 Å². The molecular formula is C11H14N2O3. The Morgan fingerprint density at radius 3 is 2.75 bits per heavy atom. The molecule has 0 amide bonds. The Hall–Kier alpha value is -1.91. The van der Waals surface area contributed by atoms with E-state index in [0.29, 0.717) is 12.1 Å². The molecule has 86 valence electrons. The van der Waals surface area contributed by atoms with Gasteiger partial charge in [-0.25, -0.2) is 0 Å². The van der Waals surface area contributed by atoms with E-state index in [2.05, 4.69) is 0 Å². The zero-order chi connectivity index (χ0) is 12.1. The van der Waals surface area contributed by atoms with E-state index in [1.165, 1.54) is 12.1 Å². The molecule has 1 aromatic rings. The van der Waals surface area contributed by atoms with Crippen LogP contribution in [-0.2, 0) is 4.79 Å². The topological polar surface area (TPSA) is 63.5 Å². The number of nitro groups is 1. The first-order valence-corrected chi connectivity index (χ1v) is 5.02. The van der Waals surface area contributed by atoms with Crippen LogP contribution < -0.4 is 4.90 Å². The summed E-state index contributed by atoms with van der Waals surface area (Å²) in [6, 6.07) is 6.25. The Labute approximate surface area is 93.8 Å². The Kier molecular flexibility index (Phi) is 3.99. The summed E-state index contributed by atoms with van der Waals surface area (Å²) in [5, 5.41) is 10.6. The molecule has 0 atom stereocenters. The van der Waals surface area contributed by atoms with Gasteiger partial charge in [-0.2, -0.15) is 0 Å². The smallest absolute Gasteiger partial charge is 0.271 e. The summed E-state index contributed by atoms with van der Waals surface area (Å²) in [6.45, 7) is 2.07. The molecule has 0 aliphatic heterocycles. The summed E-state index contributed by atoms with van der Waals surface area (Å²) < 4.78 is 0. The van der Waals surface area contributed by atoms with Crippen LogP contribution >= 0.6 is 0 Å². The summed E-state index contributed by atoms with van der Waals surface area (Å²) in [5.41, 5.74) is 0.712. The maximum absolute atomic E-state index is 11.2. The number of nitrogens with zero attached hydrogens (tertiary/aromatic N) is 2. The molecule has 1 rings (SSSR count). The lowest BCUT2D eigenvalue weighted by atomic mass is 10.2. The number of likely N-dealkylation sites (N-methyl/N-ethyl adjacent to an activating group) is 1. The lowest BCUT2D eigenvalue weighted by Gasteiger charge is -2.17. The van der Waals surface area contributed by atoms with Gasteiger partial charge in [0.15, 0.2) is 5.78 Å². The van der Waals surface area contributed by atoms with Crippen molar-refractivity contribution in [2.75, 3.05) is 18.5 Å². The molecule has 0 aliphatic carbocycles. The zero-order valence-corrected chi connectivity index (χ0v) is 9.34. The maximum Gasteiger partial charge on any atom is 0.271 e. The number of nitro benzene ring substituents is 1. The molecule has 0 saturated heterocycles. The van der Waals surface area contributed by atoms with Crippen LogP contribution in [0.15, 0.2) is 24.3 Å². The third-order valence-electron chi connectivity index (χ3n) is 2.29. The molecule has 1 aromatic carbocycles. The molecule has 0 N–H and O–H groups in total. The van der Waals surface area contributed by atoms with Gasteiger partial charge in [0.2, 0.25) is 0 Å². The summed E-state index contributed by atoms with van der Waals surface area (Å²) >= 11 is 0. The molecule has 0 unspecified atom stereocenters. The number of anilines is 1. The summed E-state index contributed by atoms with van der Waals surface area (Å²) in [6.07, 6.45) is 0.471. The van der Waals surface area contributed by atoms with E-state index in [9.17, 15) is 14.9 Å². The second-order valence-electron chi connectivity index (χ2n) is 3.53. The van der Waals surface area contributed by atoms with Crippen molar-refractivity contribution in [1.29, 1.82) is 0 Å². The van der Waals surface area contributed by atoms with Crippen LogP contribution in [0.2, 0.25) is 0 Å². The predicted octanol–water partition coefficient (Wildman–Crippen LogP) is 2.01. The number of carbonyl (C=O) groups excluding carboxylic acids is 1. The van der Waals surface area contributed by atoms with Crippen LogP contribution in [0.25, 0.3) is 0 Å². The van der Waals surface area contributed by atoms with Gasteiger partial charge in [0.05, 0.1) is 11.5 Å². The fraction of sp³-hybridized carbons (Fsp3) is 0.364. The van der Waals surface area contributed by atoms with Gasteiger partial charge in [-0.1, -0.05) is 13.0 Å². The number of Topliss-reactive ketones (excluding diaryl/α,β-unsaturated/α-hetero) is 1. The number of non-ortho nitro benzene ring substituents is 1. The fourth-order valence-corrected chi connectivity index (χ4v) is 1.31. The van der Waals surface area contributed by atoms with E-state index in [1.54, 1.807) is 31.0 Å². The van der Waals surface area contributed by atoms with E-state index >= 15 is 0 Å². The molecule has 16 heavy (non-hydrogen) atoms. The van der Waals surface area contributed by atoms with Gasteiger partial charge in [0.1, 0.15) is 0 Å². The lowest BCUT2D eigenvalue weighted by Crippen LogP contribution is -2.24. The molecule has 0 spiro atoms. The van der Waals surface area contributed by atoms with Crippen molar-refractivity contribution < 1.29 is 9.72 Å². The van der Waals surface area contributed by atoms with Crippen molar-refractivity contribution in [3.63, 3.8) is 0 Å². The molecule has 5 heteroatoms. The number of hydrogen-bond donors (Lipinski definition) is 0. The van der Waals surface area contributed by atoms with Gasteiger partial charge in [-0.3, -0.25) is 14.9 Å². The summed E-state index contributed by atoms with van der Waals surface area (Å²) in [5.74, 6) is 0.106. The fourth-order valence-electron chi connectivity index (χ4n) is 1.31. The first-order valence-electron chi connectivity index (χ1n) is 5.02. The van der Waals surface area contributed by atoms with Crippen molar-refractivity contribution >= 4 is 17.2 Å². The third kappa shape index (κ3) is 3.05. The largest absolute Gasteiger partial charge is 0.367 e. The number of carbonyl (C=O) groups is 1. The molecule has 0 aliphatic rings. The van der Waals surface area contributed by atoms with Gasteiger partial charge in [0.25, 0.3) is 5.69 Å². The van der Waals surface area contributed by atoms with Crippen molar-refractivity contribution in [1.82, 2.24) is 0 Å². The monoisotopic (exact) mass is 222 g/mol. The highest BCUT2D eigenvalue weighted by Crippen LogP contribution is 2.19. The number of benzene rings is 1. The maximum atomic E-state index is 11.2. The molecule has 0 fully saturated rings. The van der Waals surface area contributed by atoms with Crippen LogP contribution in [0.1, 0.15) is 13.3 Å². The molecule has 0 saturated carbocycles. The molecule has 0 aromatic heterocycles. The molecular weight excluding hydrogens is 208 g/mol. The van der Waals surface area contributed by atoms with E-state index in [4.69, 9.17) is 0 Å². The van der Waals surface area contributed by atoms with E-state index in [-0.39, 0.29) is 18.0 Å². The minimum absolute atomic E-state index is 0.0355. The average molecular weight is 222 g/mol. The average Bonchev–Trinajstić information content (AvgIpc) is 2.28. The van der Waals surface area contributed by atoms with Gasteiger partial charge in [0, 0.05) is 31.3 Å². The van der Waals surface area contributed by atoms with Crippen LogP contribution in [0.3, 0.4) is 0 Å². The van der Waals surface area contributed by atoms with Gasteiger partial charge < -0.3 is 4.90 Å². The Bertz CT molecular complexity index is 404. The van der Waals surface area contributed by atoms with Crippen LogP contribution in [0.5, 0.6) is 0 Å². The highest BCUT2D eigenvalue weighted by Gasteiger charge is 2.10. The first kappa shape index (κ1) is 12.2. The first-order chi connectivity index (χ1) is 7.54. The molecule has 0 radical (unpaired) electrons. The molecule has 0 heterocycles. The minimum atomic E-state index is -0.445. The van der Waals surface area contributed by atoms with Gasteiger partial charge >= 0.3 is 0 Å². The zero-order valence-electron chi connectivity index (χ0n) is 9.34. The van der Waals surface area contributed by atoms with Crippen molar-refractivity contribution in [3.8, 4) is 0 Å². The minimum Gasteiger partial charge on any atom is -0.367 e. The van der Waals surface area contributed by atoms with Crippen LogP contribution in [0.4, 0.5) is 11.4 Å². The Morgan fingerprint density at radius 2 is 2.19 bits per heavy atom. The SMILES string of the molecule is CCC(=O)CN(C)c1cccc([N+](=O)[O-])c1. The van der Waals surface area contributed by atoms with Crippen molar-refractivity contribution in [2.45, 2.75) is 13.3 Å². The number of rotatable bonds is 5. The van der Waals surface area contributed by atoms with E-state index in [0.717, 1.165) is 0 Å². The number of hydrogen-bond acceptors (Lipinski definition) is 4. The van der Waals surface area contributed by atoms with Gasteiger partial charge in [-0.05, 0) is 6.07 Å². The lowest BCUT2D eigenvalue weighted by molar-refractivity contribution is -0.384. The molecule has 0 bridgehead atoms. The second kappa shape index (κ2) is 5.25. The van der Waals surface area contributed by atoms with E-state index in [1.807, 2.05) is 0 Å². The van der Waals surface area contributed by atoms with Crippen LogP contribution in [-0.4, -0.2) is 24.3 Å². The summed E-state index contributed by atoms with van der Waals surface area (Å²) in [4.78, 5) is 23.1. The van der Waals surface area contributed by atoms with Crippen molar-refractivity contribution in [2.24, 2.45) is 0 Å². The standard InChI is InChI=1S/C11H14N2O3/c1-3-11(14)8-12(2)9-5-4-6-10(7-9)13(15)16/h4-7H,3,8H2,1-2H3. The van der Waals surface area contributed by atoms with Crippen molar-refractivity contribution in [3.05, 3.63) is 34.4 Å². The Morgan fingerprint density at radius 1 is 1.50 bits per heavy atom. The number of ketones is 1. The normalized spacial score (nSPS) is 9.88. The second-order valence-corrected chi connectivity index (χ2v) is 3.53. The quantitative estimate of drug-likeness (QED) is 0.564. The highest BCUT2D eigenvalue weighted by molar-refractivity contribution is 5.83. The highest BCUT2D eigenvalue weighted by atomic mass is 16.6. The van der Waals surface area contributed by atoms with Crippen LogP contribution in [0, 0.1) is 10.1 Å². The third-order valence-corrected chi connectivity index (χ3v) is 2.29. The summed E-state index contributed by atoms with van der Waals surface area (Å²) in [7, 11) is 1.74.